The molecule has 0 bridgehead atoms. The van der Waals surface area contributed by atoms with Gasteiger partial charge in [-0.15, -0.1) is 0 Å². The van der Waals surface area contributed by atoms with E-state index in [0.29, 0.717) is 12.1 Å². The van der Waals surface area contributed by atoms with Crippen molar-refractivity contribution in [2.45, 2.75) is 20.4 Å². The van der Waals surface area contributed by atoms with Crippen molar-refractivity contribution in [1.82, 2.24) is 4.98 Å². The summed E-state index contributed by atoms with van der Waals surface area (Å²) >= 11 is 0. The summed E-state index contributed by atoms with van der Waals surface area (Å²) in [7, 11) is 1.64. The molecule has 0 saturated carbocycles. The smallest absolute Gasteiger partial charge is 0.253 e. The molecule has 2 aromatic carbocycles. The van der Waals surface area contributed by atoms with E-state index in [1.54, 1.807) is 7.11 Å². The summed E-state index contributed by atoms with van der Waals surface area (Å²) < 4.78 is 5.21. The number of aryl methyl sites for hydroxylation is 2. The Labute approximate surface area is 135 Å². The van der Waals surface area contributed by atoms with Gasteiger partial charge in [-0.2, -0.15) is 0 Å². The molecule has 23 heavy (non-hydrogen) atoms. The number of benzene rings is 2. The third-order valence-corrected chi connectivity index (χ3v) is 3.92. The van der Waals surface area contributed by atoms with Crippen LogP contribution in [0.4, 0.5) is 5.69 Å². The largest absolute Gasteiger partial charge is 0.497 e. The van der Waals surface area contributed by atoms with Gasteiger partial charge in [0, 0.05) is 23.9 Å². The summed E-state index contributed by atoms with van der Waals surface area (Å²) in [6, 6.07) is 13.8. The molecule has 0 unspecified atom stereocenters. The number of rotatable bonds is 4. The van der Waals surface area contributed by atoms with Crippen molar-refractivity contribution in [3.63, 3.8) is 0 Å². The van der Waals surface area contributed by atoms with Crippen LogP contribution in [-0.4, -0.2) is 12.1 Å². The van der Waals surface area contributed by atoms with E-state index in [0.717, 1.165) is 27.9 Å². The molecule has 4 heteroatoms. The van der Waals surface area contributed by atoms with E-state index >= 15 is 0 Å². The normalized spacial score (nSPS) is 10.7. The second-order valence-corrected chi connectivity index (χ2v) is 5.76. The van der Waals surface area contributed by atoms with Crippen molar-refractivity contribution in [3.8, 4) is 5.75 Å². The summed E-state index contributed by atoms with van der Waals surface area (Å²) in [6.07, 6.45) is 0. The molecule has 4 nitrogen and oxygen atoms in total. The summed E-state index contributed by atoms with van der Waals surface area (Å²) in [5.74, 6) is 0.786. The topological polar surface area (TPSA) is 54.1 Å². The lowest BCUT2D eigenvalue weighted by Gasteiger charge is -2.10. The molecular weight excluding hydrogens is 288 g/mol. The molecule has 118 valence electrons. The number of fused-ring (bicyclic) bond motifs is 1. The number of ether oxygens (including phenoxy) is 1. The molecule has 0 saturated heterocycles. The summed E-state index contributed by atoms with van der Waals surface area (Å²) in [5.41, 5.74) is 4.76. The van der Waals surface area contributed by atoms with Crippen LogP contribution in [0, 0.1) is 13.8 Å². The number of H-pyrrole nitrogens is 1. The highest BCUT2D eigenvalue weighted by Gasteiger charge is 2.06. The summed E-state index contributed by atoms with van der Waals surface area (Å²) in [4.78, 5) is 15.3. The van der Waals surface area contributed by atoms with Gasteiger partial charge in [0.1, 0.15) is 5.75 Å². The van der Waals surface area contributed by atoms with Crippen molar-refractivity contribution < 1.29 is 4.74 Å². The molecule has 0 radical (unpaired) electrons. The first-order valence-electron chi connectivity index (χ1n) is 7.58. The van der Waals surface area contributed by atoms with Gasteiger partial charge in [0.2, 0.25) is 0 Å². The number of hydrogen-bond donors (Lipinski definition) is 2. The first-order chi connectivity index (χ1) is 11.1. The highest BCUT2D eigenvalue weighted by Crippen LogP contribution is 2.20. The van der Waals surface area contributed by atoms with Crippen LogP contribution in [0.5, 0.6) is 5.75 Å². The molecule has 1 aromatic heterocycles. The Morgan fingerprint density at radius 1 is 1.13 bits per heavy atom. The van der Waals surface area contributed by atoms with Gasteiger partial charge >= 0.3 is 0 Å². The predicted molar refractivity (Wildman–Crippen MR) is 94.4 cm³/mol. The molecule has 0 spiro atoms. The van der Waals surface area contributed by atoms with Crippen molar-refractivity contribution in [2.24, 2.45) is 0 Å². The molecular formula is C19H20N2O2. The SMILES string of the molecule is COc1cccc(NCc2cc3cc(C)cc(C)c3[nH]c2=O)c1. The minimum absolute atomic E-state index is 0.0557. The minimum atomic E-state index is -0.0557. The molecule has 0 amide bonds. The second kappa shape index (κ2) is 6.16. The Morgan fingerprint density at radius 3 is 2.74 bits per heavy atom. The monoisotopic (exact) mass is 308 g/mol. The van der Waals surface area contributed by atoms with Crippen LogP contribution in [-0.2, 0) is 6.54 Å². The maximum atomic E-state index is 12.3. The number of aromatic nitrogens is 1. The number of hydrogen-bond acceptors (Lipinski definition) is 3. The van der Waals surface area contributed by atoms with Crippen LogP contribution < -0.4 is 15.6 Å². The van der Waals surface area contributed by atoms with E-state index < -0.39 is 0 Å². The van der Waals surface area contributed by atoms with Crippen LogP contribution >= 0.6 is 0 Å². The first-order valence-corrected chi connectivity index (χ1v) is 7.58. The van der Waals surface area contributed by atoms with E-state index in [4.69, 9.17) is 4.74 Å². The Hall–Kier alpha value is -2.75. The lowest BCUT2D eigenvalue weighted by atomic mass is 10.1. The molecule has 3 rings (SSSR count). The van der Waals surface area contributed by atoms with Crippen LogP contribution in [0.25, 0.3) is 10.9 Å². The highest BCUT2D eigenvalue weighted by molar-refractivity contribution is 5.82. The number of nitrogens with one attached hydrogen (secondary N) is 2. The minimum Gasteiger partial charge on any atom is -0.497 e. The van der Waals surface area contributed by atoms with Gasteiger partial charge in [-0.3, -0.25) is 4.79 Å². The highest BCUT2D eigenvalue weighted by atomic mass is 16.5. The maximum Gasteiger partial charge on any atom is 0.253 e. The first kappa shape index (κ1) is 15.2. The van der Waals surface area contributed by atoms with E-state index in [2.05, 4.69) is 29.4 Å². The van der Waals surface area contributed by atoms with E-state index in [-0.39, 0.29) is 5.56 Å². The summed E-state index contributed by atoms with van der Waals surface area (Å²) in [6.45, 7) is 4.54. The second-order valence-electron chi connectivity index (χ2n) is 5.76. The van der Waals surface area contributed by atoms with Crippen LogP contribution in [0.15, 0.2) is 47.3 Å². The average Bonchev–Trinajstić information content (AvgIpc) is 2.54. The van der Waals surface area contributed by atoms with E-state index in [1.807, 2.05) is 37.3 Å². The fourth-order valence-electron chi connectivity index (χ4n) is 2.79. The van der Waals surface area contributed by atoms with E-state index in [9.17, 15) is 4.79 Å². The van der Waals surface area contributed by atoms with Gasteiger partial charge in [-0.1, -0.05) is 17.7 Å². The van der Waals surface area contributed by atoms with Crippen molar-refractivity contribution in [1.29, 1.82) is 0 Å². The molecule has 0 fully saturated rings. The average molecular weight is 308 g/mol. The maximum absolute atomic E-state index is 12.3. The Balaban J connectivity index is 1.90. The van der Waals surface area contributed by atoms with Crippen molar-refractivity contribution in [2.75, 3.05) is 12.4 Å². The lowest BCUT2D eigenvalue weighted by Crippen LogP contribution is -2.16. The number of aromatic amines is 1. The molecule has 0 aliphatic rings. The van der Waals surface area contributed by atoms with Crippen LogP contribution in [0.2, 0.25) is 0 Å². The zero-order valence-electron chi connectivity index (χ0n) is 13.6. The van der Waals surface area contributed by atoms with Crippen molar-refractivity contribution >= 4 is 16.6 Å². The molecule has 3 aromatic rings. The van der Waals surface area contributed by atoms with Gasteiger partial charge in [0.15, 0.2) is 0 Å². The van der Waals surface area contributed by atoms with Crippen LogP contribution in [0.3, 0.4) is 0 Å². The molecule has 0 aliphatic heterocycles. The molecule has 0 atom stereocenters. The zero-order valence-corrected chi connectivity index (χ0v) is 13.6. The van der Waals surface area contributed by atoms with Crippen molar-refractivity contribution in [3.05, 3.63) is 69.5 Å². The zero-order chi connectivity index (χ0) is 16.4. The van der Waals surface area contributed by atoms with Gasteiger partial charge in [0.05, 0.1) is 12.6 Å². The number of methoxy groups -OCH3 is 1. The van der Waals surface area contributed by atoms with Gasteiger partial charge in [0.25, 0.3) is 5.56 Å². The third kappa shape index (κ3) is 3.21. The number of anilines is 1. The van der Waals surface area contributed by atoms with Gasteiger partial charge in [-0.05, 0) is 49.1 Å². The third-order valence-electron chi connectivity index (χ3n) is 3.92. The standard InChI is InChI=1S/C19H20N2O2/c1-12-7-13(2)18-14(8-12)9-15(19(22)21-18)11-20-16-5-4-6-17(10-16)23-3/h4-10,20H,11H2,1-3H3,(H,21,22). The Kier molecular flexibility index (Phi) is 4.06. The predicted octanol–water partition coefficient (Wildman–Crippen LogP) is 3.77. The van der Waals surface area contributed by atoms with Crippen LogP contribution in [0.1, 0.15) is 16.7 Å². The molecule has 2 N–H and O–H groups in total. The summed E-state index contributed by atoms with van der Waals surface area (Å²) in [5, 5.41) is 4.33. The van der Waals surface area contributed by atoms with Gasteiger partial charge in [-0.25, -0.2) is 0 Å². The Morgan fingerprint density at radius 2 is 1.96 bits per heavy atom. The van der Waals surface area contributed by atoms with E-state index in [1.165, 1.54) is 5.56 Å². The Bertz CT molecular complexity index is 913. The van der Waals surface area contributed by atoms with Gasteiger partial charge < -0.3 is 15.0 Å². The quantitative estimate of drug-likeness (QED) is 0.771. The fraction of sp³-hybridized carbons (Fsp3) is 0.211. The fourth-order valence-corrected chi connectivity index (χ4v) is 2.79. The lowest BCUT2D eigenvalue weighted by molar-refractivity contribution is 0.415. The number of pyridine rings is 1. The molecule has 0 aliphatic carbocycles. The molecule has 1 heterocycles.